The highest BCUT2D eigenvalue weighted by Crippen LogP contribution is 2.30. The van der Waals surface area contributed by atoms with Gasteiger partial charge < -0.3 is 5.73 Å². The van der Waals surface area contributed by atoms with E-state index in [0.29, 0.717) is 6.42 Å². The van der Waals surface area contributed by atoms with Crippen molar-refractivity contribution in [1.29, 1.82) is 0 Å². The molecule has 0 unspecified atom stereocenters. The van der Waals surface area contributed by atoms with E-state index in [0.717, 1.165) is 6.42 Å². The molecule has 0 aliphatic carbocycles. The summed E-state index contributed by atoms with van der Waals surface area (Å²) >= 11 is 0. The third-order valence-electron chi connectivity index (χ3n) is 4.15. The lowest BCUT2D eigenvalue weighted by molar-refractivity contribution is -0.118. The third kappa shape index (κ3) is 3.23. The van der Waals surface area contributed by atoms with Crippen LogP contribution in [0.1, 0.15) is 19.8 Å². The van der Waals surface area contributed by atoms with Crippen LogP contribution in [0.4, 0.5) is 0 Å². The topological polar surface area (TPSA) is 43.1 Å². The zero-order valence-electron chi connectivity index (χ0n) is 13.8. The fraction of sp³-hybridized carbons (Fsp3) is 0.136. The number of primary amides is 1. The van der Waals surface area contributed by atoms with E-state index in [1.54, 1.807) is 0 Å². The second kappa shape index (κ2) is 7.14. The highest BCUT2D eigenvalue weighted by Gasteiger charge is 2.03. The second-order valence-electron chi connectivity index (χ2n) is 5.88. The van der Waals surface area contributed by atoms with Crippen molar-refractivity contribution >= 4 is 38.2 Å². The van der Waals surface area contributed by atoms with Crippen molar-refractivity contribution < 1.29 is 4.79 Å². The second-order valence-corrected chi connectivity index (χ2v) is 5.88. The fourth-order valence-corrected chi connectivity index (χ4v) is 3.02. The van der Waals surface area contributed by atoms with Crippen molar-refractivity contribution in [3.05, 3.63) is 72.8 Å². The van der Waals surface area contributed by atoms with E-state index in [-0.39, 0.29) is 5.91 Å². The molecule has 120 valence electrons. The molecule has 0 fully saturated rings. The van der Waals surface area contributed by atoms with Gasteiger partial charge >= 0.3 is 0 Å². The van der Waals surface area contributed by atoms with Crippen LogP contribution in [0, 0.1) is 0 Å². The molecule has 0 aliphatic rings. The Morgan fingerprint density at radius 2 is 1.17 bits per heavy atom. The number of fused-ring (bicyclic) bond motifs is 5. The van der Waals surface area contributed by atoms with E-state index in [2.05, 4.69) is 72.8 Å². The number of hydrogen-bond acceptors (Lipinski definition) is 1. The first-order valence-corrected chi connectivity index (χ1v) is 8.28. The summed E-state index contributed by atoms with van der Waals surface area (Å²) in [5.74, 6) is -0.211. The number of carbonyl (C=O) groups excluding carboxylic acids is 1. The Kier molecular flexibility index (Phi) is 4.76. The summed E-state index contributed by atoms with van der Waals surface area (Å²) < 4.78 is 0. The zero-order chi connectivity index (χ0) is 16.9. The van der Waals surface area contributed by atoms with Gasteiger partial charge in [0.05, 0.1) is 0 Å². The standard InChI is InChI=1S/C18H12.C4H9NO/c1-3-7-15-13(5-1)9-11-18-16-8-4-2-6-14(16)10-12-17(15)18;1-2-3-4(5)6/h1-12H;2-3H2,1H3,(H2,5,6). The lowest BCUT2D eigenvalue weighted by Gasteiger charge is -2.07. The Balaban J connectivity index is 0.000000246. The predicted molar refractivity (Wildman–Crippen MR) is 103 cm³/mol. The molecule has 0 heterocycles. The summed E-state index contributed by atoms with van der Waals surface area (Å²) in [4.78, 5) is 9.82. The summed E-state index contributed by atoms with van der Waals surface area (Å²) in [6, 6.07) is 26.0. The van der Waals surface area contributed by atoms with Crippen molar-refractivity contribution in [3.63, 3.8) is 0 Å². The predicted octanol–water partition coefficient (Wildman–Crippen LogP) is 5.42. The number of carbonyl (C=O) groups is 1. The minimum atomic E-state index is -0.211. The number of rotatable bonds is 2. The maximum Gasteiger partial charge on any atom is 0.217 e. The minimum Gasteiger partial charge on any atom is -0.370 e. The monoisotopic (exact) mass is 315 g/mol. The Bertz CT molecular complexity index is 929. The molecule has 0 saturated carbocycles. The van der Waals surface area contributed by atoms with Gasteiger partial charge in [-0.25, -0.2) is 0 Å². The summed E-state index contributed by atoms with van der Waals surface area (Å²) in [6.45, 7) is 1.92. The van der Waals surface area contributed by atoms with Gasteiger partial charge in [0.1, 0.15) is 0 Å². The van der Waals surface area contributed by atoms with Gasteiger partial charge in [-0.1, -0.05) is 79.7 Å². The summed E-state index contributed by atoms with van der Waals surface area (Å²) in [5, 5.41) is 7.96. The number of benzene rings is 4. The maximum atomic E-state index is 9.82. The summed E-state index contributed by atoms with van der Waals surface area (Å²) in [7, 11) is 0. The highest BCUT2D eigenvalue weighted by molar-refractivity contribution is 6.17. The van der Waals surface area contributed by atoms with E-state index < -0.39 is 0 Å². The van der Waals surface area contributed by atoms with Crippen LogP contribution in [0.5, 0.6) is 0 Å². The quantitative estimate of drug-likeness (QED) is 0.493. The summed E-state index contributed by atoms with van der Waals surface area (Å²) in [5.41, 5.74) is 4.76. The fourth-order valence-electron chi connectivity index (χ4n) is 3.02. The van der Waals surface area contributed by atoms with Crippen molar-refractivity contribution in [3.8, 4) is 0 Å². The normalized spacial score (nSPS) is 10.5. The van der Waals surface area contributed by atoms with Gasteiger partial charge in [0.2, 0.25) is 5.91 Å². The van der Waals surface area contributed by atoms with E-state index in [1.165, 1.54) is 32.3 Å². The first-order chi connectivity index (χ1) is 11.7. The molecule has 4 aromatic carbocycles. The van der Waals surface area contributed by atoms with Gasteiger partial charge in [0, 0.05) is 6.42 Å². The van der Waals surface area contributed by atoms with Gasteiger partial charge in [-0.3, -0.25) is 4.79 Å². The van der Waals surface area contributed by atoms with Gasteiger partial charge in [0.15, 0.2) is 0 Å². The average Bonchev–Trinajstić information content (AvgIpc) is 2.61. The summed E-state index contributed by atoms with van der Waals surface area (Å²) in [6.07, 6.45) is 1.37. The van der Waals surface area contributed by atoms with E-state index >= 15 is 0 Å². The van der Waals surface area contributed by atoms with Crippen LogP contribution in [0.25, 0.3) is 32.3 Å². The first-order valence-electron chi connectivity index (χ1n) is 8.28. The lowest BCUT2D eigenvalue weighted by atomic mass is 9.97. The van der Waals surface area contributed by atoms with Crippen molar-refractivity contribution in [2.75, 3.05) is 0 Å². The molecule has 0 atom stereocenters. The van der Waals surface area contributed by atoms with Gasteiger partial charge in [0.25, 0.3) is 0 Å². The molecule has 4 rings (SSSR count). The van der Waals surface area contributed by atoms with Gasteiger partial charge in [-0.15, -0.1) is 0 Å². The van der Waals surface area contributed by atoms with Crippen molar-refractivity contribution in [2.24, 2.45) is 5.73 Å². The van der Waals surface area contributed by atoms with Crippen LogP contribution in [-0.4, -0.2) is 5.91 Å². The number of nitrogens with two attached hydrogens (primary N) is 1. The molecule has 0 spiro atoms. The average molecular weight is 315 g/mol. The van der Waals surface area contributed by atoms with E-state index in [1.807, 2.05) is 6.92 Å². The molecule has 0 radical (unpaired) electrons. The van der Waals surface area contributed by atoms with E-state index in [4.69, 9.17) is 5.73 Å². The van der Waals surface area contributed by atoms with Crippen LogP contribution in [0.3, 0.4) is 0 Å². The molecular formula is C22H21NO. The Morgan fingerprint density at radius 1 is 0.708 bits per heavy atom. The molecular weight excluding hydrogens is 294 g/mol. The lowest BCUT2D eigenvalue weighted by Crippen LogP contribution is -2.08. The molecule has 24 heavy (non-hydrogen) atoms. The van der Waals surface area contributed by atoms with Crippen LogP contribution in [-0.2, 0) is 4.79 Å². The van der Waals surface area contributed by atoms with Gasteiger partial charge in [-0.05, 0) is 38.7 Å². The molecule has 2 N–H and O–H groups in total. The maximum absolute atomic E-state index is 9.82. The smallest absolute Gasteiger partial charge is 0.217 e. The van der Waals surface area contributed by atoms with Crippen LogP contribution >= 0.6 is 0 Å². The van der Waals surface area contributed by atoms with Gasteiger partial charge in [-0.2, -0.15) is 0 Å². The van der Waals surface area contributed by atoms with Crippen LogP contribution in [0.2, 0.25) is 0 Å². The molecule has 0 saturated heterocycles. The molecule has 0 aliphatic heterocycles. The van der Waals surface area contributed by atoms with Crippen molar-refractivity contribution in [1.82, 2.24) is 0 Å². The molecule has 0 aromatic heterocycles. The largest absolute Gasteiger partial charge is 0.370 e. The zero-order valence-corrected chi connectivity index (χ0v) is 13.8. The molecule has 2 nitrogen and oxygen atoms in total. The Labute approximate surface area is 141 Å². The molecule has 4 aromatic rings. The first kappa shape index (κ1) is 16.0. The number of amides is 1. The minimum absolute atomic E-state index is 0.211. The Morgan fingerprint density at radius 3 is 1.54 bits per heavy atom. The molecule has 0 bridgehead atoms. The van der Waals surface area contributed by atoms with Crippen molar-refractivity contribution in [2.45, 2.75) is 19.8 Å². The molecule has 2 heteroatoms. The van der Waals surface area contributed by atoms with E-state index in [9.17, 15) is 4.79 Å². The highest BCUT2D eigenvalue weighted by atomic mass is 16.1. The SMILES string of the molecule is CCCC(N)=O.c1ccc2c(c1)ccc1c3ccccc3ccc21. The molecule has 1 amide bonds. The Hall–Kier alpha value is -2.87. The third-order valence-corrected chi connectivity index (χ3v) is 4.15. The number of hydrogen-bond donors (Lipinski definition) is 1. The van der Waals surface area contributed by atoms with Crippen LogP contribution < -0.4 is 5.73 Å². The van der Waals surface area contributed by atoms with Crippen LogP contribution in [0.15, 0.2) is 72.8 Å².